The first-order valence-corrected chi connectivity index (χ1v) is 8.29. The van der Waals surface area contributed by atoms with Gasteiger partial charge in [0.1, 0.15) is 11.9 Å². The molecular weight excluding hydrogens is 306 g/mol. The van der Waals surface area contributed by atoms with E-state index in [-0.39, 0.29) is 12.0 Å². The third-order valence-electron chi connectivity index (χ3n) is 4.65. The fourth-order valence-corrected chi connectivity index (χ4v) is 3.39. The van der Waals surface area contributed by atoms with Crippen LogP contribution in [0.4, 0.5) is 5.82 Å². The minimum absolute atomic E-state index is 0.0178. The van der Waals surface area contributed by atoms with Gasteiger partial charge in [0.15, 0.2) is 5.75 Å². The molecule has 0 saturated carbocycles. The second kappa shape index (κ2) is 5.81. The molecule has 24 heavy (non-hydrogen) atoms. The number of carbonyl (C=O) groups is 1. The first-order chi connectivity index (χ1) is 11.6. The van der Waals surface area contributed by atoms with Gasteiger partial charge in [-0.1, -0.05) is 0 Å². The normalized spacial score (nSPS) is 17.8. The standard InChI is InChI=1S/C17H21N5O2/c1-11-7-14-15(9-18-17(14)23)20-16(11)22-5-3-12(4-6-22)24-13-8-19-21(2)10-13/h7-8,10,12H,3-6,9H2,1-2H3,(H,18,23). The Morgan fingerprint density at radius 1 is 1.33 bits per heavy atom. The number of hydrogen-bond donors (Lipinski definition) is 1. The molecule has 0 aliphatic carbocycles. The smallest absolute Gasteiger partial charge is 0.253 e. The topological polar surface area (TPSA) is 72.3 Å². The number of hydrogen-bond acceptors (Lipinski definition) is 5. The number of nitrogens with one attached hydrogen (secondary N) is 1. The van der Waals surface area contributed by atoms with Crippen LogP contribution >= 0.6 is 0 Å². The molecule has 0 unspecified atom stereocenters. The van der Waals surface area contributed by atoms with E-state index in [0.717, 1.165) is 48.8 Å². The van der Waals surface area contributed by atoms with Crippen molar-refractivity contribution in [1.29, 1.82) is 0 Å². The highest BCUT2D eigenvalue weighted by Gasteiger charge is 2.26. The fourth-order valence-electron chi connectivity index (χ4n) is 3.39. The largest absolute Gasteiger partial charge is 0.487 e. The van der Waals surface area contributed by atoms with Crippen LogP contribution < -0.4 is 15.0 Å². The Morgan fingerprint density at radius 3 is 2.83 bits per heavy atom. The van der Waals surface area contributed by atoms with Crippen LogP contribution in [0, 0.1) is 6.92 Å². The summed E-state index contributed by atoms with van der Waals surface area (Å²) in [4.78, 5) is 18.8. The van der Waals surface area contributed by atoms with Crippen molar-refractivity contribution >= 4 is 11.7 Å². The molecule has 1 fully saturated rings. The van der Waals surface area contributed by atoms with Crippen LogP contribution in [0.25, 0.3) is 0 Å². The lowest BCUT2D eigenvalue weighted by Gasteiger charge is -2.33. The second-order valence-electron chi connectivity index (χ2n) is 6.46. The van der Waals surface area contributed by atoms with E-state index in [1.807, 2.05) is 26.2 Å². The lowest BCUT2D eigenvalue weighted by Crippen LogP contribution is -2.39. The van der Waals surface area contributed by atoms with Gasteiger partial charge in [-0.05, 0) is 18.6 Å². The molecule has 2 aromatic heterocycles. The van der Waals surface area contributed by atoms with Gasteiger partial charge in [0.05, 0.1) is 30.2 Å². The SMILES string of the molecule is Cc1cc2c(nc1N1CCC(Oc3cnn(C)c3)CC1)CNC2=O. The van der Waals surface area contributed by atoms with Crippen LogP contribution in [0.2, 0.25) is 0 Å². The molecule has 4 rings (SSSR count). The Hall–Kier alpha value is -2.57. The van der Waals surface area contributed by atoms with E-state index in [1.54, 1.807) is 10.9 Å². The van der Waals surface area contributed by atoms with E-state index in [2.05, 4.69) is 15.3 Å². The van der Waals surface area contributed by atoms with E-state index >= 15 is 0 Å². The summed E-state index contributed by atoms with van der Waals surface area (Å²) >= 11 is 0. The zero-order valence-corrected chi connectivity index (χ0v) is 14.0. The highest BCUT2D eigenvalue weighted by atomic mass is 16.5. The Balaban J connectivity index is 1.43. The summed E-state index contributed by atoms with van der Waals surface area (Å²) in [5, 5.41) is 6.96. The molecule has 2 aliphatic rings. The van der Waals surface area contributed by atoms with Crippen molar-refractivity contribution in [3.63, 3.8) is 0 Å². The van der Waals surface area contributed by atoms with Gasteiger partial charge in [-0.2, -0.15) is 5.10 Å². The van der Waals surface area contributed by atoms with Crippen LogP contribution in [-0.2, 0) is 13.6 Å². The maximum Gasteiger partial charge on any atom is 0.253 e. The van der Waals surface area contributed by atoms with E-state index in [9.17, 15) is 4.79 Å². The highest BCUT2D eigenvalue weighted by Crippen LogP contribution is 2.27. The van der Waals surface area contributed by atoms with Crippen LogP contribution in [0.3, 0.4) is 0 Å². The average Bonchev–Trinajstić information content (AvgIpc) is 3.14. The maximum absolute atomic E-state index is 11.7. The minimum Gasteiger partial charge on any atom is -0.487 e. The number of piperidine rings is 1. The number of nitrogens with zero attached hydrogens (tertiary/aromatic N) is 4. The number of rotatable bonds is 3. The number of ether oxygens (including phenoxy) is 1. The van der Waals surface area contributed by atoms with E-state index in [1.165, 1.54) is 0 Å². The molecule has 7 nitrogen and oxygen atoms in total. The van der Waals surface area contributed by atoms with Crippen LogP contribution in [-0.4, -0.2) is 39.9 Å². The Bertz CT molecular complexity index is 777. The van der Waals surface area contributed by atoms with Crippen molar-refractivity contribution < 1.29 is 9.53 Å². The number of pyridine rings is 1. The molecule has 2 aromatic rings. The molecule has 1 saturated heterocycles. The van der Waals surface area contributed by atoms with Crippen LogP contribution in [0.15, 0.2) is 18.5 Å². The predicted octanol–water partition coefficient (Wildman–Crippen LogP) is 1.41. The van der Waals surface area contributed by atoms with Gasteiger partial charge in [0.25, 0.3) is 5.91 Å². The Labute approximate surface area is 140 Å². The quantitative estimate of drug-likeness (QED) is 0.923. The summed E-state index contributed by atoms with van der Waals surface area (Å²) < 4.78 is 7.74. The Kier molecular flexibility index (Phi) is 3.63. The fraction of sp³-hybridized carbons (Fsp3) is 0.471. The molecule has 0 bridgehead atoms. The third-order valence-corrected chi connectivity index (χ3v) is 4.65. The lowest BCUT2D eigenvalue weighted by atomic mass is 10.1. The molecule has 7 heteroatoms. The van der Waals surface area contributed by atoms with E-state index in [4.69, 9.17) is 9.72 Å². The maximum atomic E-state index is 11.7. The van der Waals surface area contributed by atoms with Gasteiger partial charge in [0.2, 0.25) is 0 Å². The first-order valence-electron chi connectivity index (χ1n) is 8.29. The zero-order valence-electron chi connectivity index (χ0n) is 14.0. The summed E-state index contributed by atoms with van der Waals surface area (Å²) in [5.41, 5.74) is 2.62. The van der Waals surface area contributed by atoms with Gasteiger partial charge in [-0.15, -0.1) is 0 Å². The van der Waals surface area contributed by atoms with Gasteiger partial charge in [-0.25, -0.2) is 4.98 Å². The molecule has 0 radical (unpaired) electrons. The number of aromatic nitrogens is 3. The lowest BCUT2D eigenvalue weighted by molar-refractivity contribution is 0.0965. The second-order valence-corrected chi connectivity index (χ2v) is 6.46. The van der Waals surface area contributed by atoms with Gasteiger partial charge < -0.3 is 15.0 Å². The molecule has 1 amide bonds. The minimum atomic E-state index is -0.0178. The number of anilines is 1. The van der Waals surface area contributed by atoms with Crippen molar-refractivity contribution in [2.24, 2.45) is 7.05 Å². The predicted molar refractivity (Wildman–Crippen MR) is 89.2 cm³/mol. The van der Waals surface area contributed by atoms with Crippen molar-refractivity contribution in [3.05, 3.63) is 35.3 Å². The summed E-state index contributed by atoms with van der Waals surface area (Å²) in [6.45, 7) is 4.35. The average molecular weight is 327 g/mol. The molecule has 4 heterocycles. The molecular formula is C17H21N5O2. The molecule has 0 atom stereocenters. The summed E-state index contributed by atoms with van der Waals surface area (Å²) in [6, 6.07) is 1.96. The Morgan fingerprint density at radius 2 is 2.12 bits per heavy atom. The first kappa shape index (κ1) is 15.0. The molecule has 1 N–H and O–H groups in total. The van der Waals surface area contributed by atoms with Gasteiger partial charge >= 0.3 is 0 Å². The van der Waals surface area contributed by atoms with Crippen molar-refractivity contribution in [2.45, 2.75) is 32.4 Å². The summed E-state index contributed by atoms with van der Waals surface area (Å²) in [7, 11) is 1.89. The monoisotopic (exact) mass is 327 g/mol. The van der Waals surface area contributed by atoms with Gasteiger partial charge in [0, 0.05) is 33.0 Å². The van der Waals surface area contributed by atoms with E-state index < -0.39 is 0 Å². The number of fused-ring (bicyclic) bond motifs is 1. The van der Waals surface area contributed by atoms with Crippen LogP contribution in [0.5, 0.6) is 5.75 Å². The summed E-state index contributed by atoms with van der Waals surface area (Å²) in [5.74, 6) is 1.80. The van der Waals surface area contributed by atoms with E-state index in [0.29, 0.717) is 12.1 Å². The third kappa shape index (κ3) is 2.70. The number of carbonyl (C=O) groups excluding carboxylic acids is 1. The molecule has 0 spiro atoms. The van der Waals surface area contributed by atoms with Crippen molar-refractivity contribution in [3.8, 4) is 5.75 Å². The summed E-state index contributed by atoms with van der Waals surface area (Å²) in [6.07, 6.45) is 5.75. The molecule has 0 aromatic carbocycles. The van der Waals surface area contributed by atoms with Crippen LogP contribution in [0.1, 0.15) is 34.5 Å². The zero-order chi connectivity index (χ0) is 16.7. The number of aryl methyl sites for hydroxylation is 2. The molecule has 2 aliphatic heterocycles. The van der Waals surface area contributed by atoms with Crippen molar-refractivity contribution in [1.82, 2.24) is 20.1 Å². The van der Waals surface area contributed by atoms with Crippen molar-refractivity contribution in [2.75, 3.05) is 18.0 Å². The highest BCUT2D eigenvalue weighted by molar-refractivity contribution is 5.98. The molecule has 126 valence electrons. The number of amides is 1. The van der Waals surface area contributed by atoms with Gasteiger partial charge in [-0.3, -0.25) is 9.48 Å².